The van der Waals surface area contributed by atoms with Crippen LogP contribution in [-0.2, 0) is 0 Å². The highest BCUT2D eigenvalue weighted by Crippen LogP contribution is 2.30. The zero-order valence-corrected chi connectivity index (χ0v) is 13.3. The molecule has 4 nitrogen and oxygen atoms in total. The third-order valence-electron chi connectivity index (χ3n) is 3.00. The maximum absolute atomic E-state index is 12.4. The van der Waals surface area contributed by atoms with Crippen molar-refractivity contribution in [2.45, 2.75) is 11.5 Å². The van der Waals surface area contributed by atoms with Crippen molar-refractivity contribution in [3.05, 3.63) is 48.0 Å². The number of thioether (sulfide) groups is 1. The van der Waals surface area contributed by atoms with E-state index in [0.29, 0.717) is 5.69 Å². The van der Waals surface area contributed by atoms with Gasteiger partial charge in [-0.2, -0.15) is 8.78 Å². The fraction of sp³-hybridized carbons (Fsp3) is 0.188. The van der Waals surface area contributed by atoms with Gasteiger partial charge in [0, 0.05) is 10.5 Å². The second-order valence-electron chi connectivity index (χ2n) is 4.40. The number of hydrogen-bond acceptors (Lipinski definition) is 4. The van der Waals surface area contributed by atoms with Gasteiger partial charge in [-0.05, 0) is 36.6 Å². The molecule has 2 rings (SSSR count). The molecule has 0 aliphatic carbocycles. The van der Waals surface area contributed by atoms with Crippen molar-refractivity contribution in [3.63, 3.8) is 0 Å². The van der Waals surface area contributed by atoms with Gasteiger partial charge in [0.05, 0.1) is 12.8 Å². The Morgan fingerprint density at radius 1 is 1.17 bits per heavy atom. The first-order valence-electron chi connectivity index (χ1n) is 6.62. The molecule has 0 saturated heterocycles. The van der Waals surface area contributed by atoms with Crippen molar-refractivity contribution in [2.24, 2.45) is 0 Å². The summed E-state index contributed by atoms with van der Waals surface area (Å²) in [5.41, 5.74) is 0.842. The molecule has 2 aromatic carbocycles. The van der Waals surface area contributed by atoms with Gasteiger partial charge in [0.2, 0.25) is 0 Å². The van der Waals surface area contributed by atoms with E-state index in [1.807, 2.05) is 18.4 Å². The molecular formula is C16H15F2NO3S. The van der Waals surface area contributed by atoms with Crippen molar-refractivity contribution in [3.8, 4) is 11.5 Å². The summed E-state index contributed by atoms with van der Waals surface area (Å²) in [6, 6.07) is 11.4. The summed E-state index contributed by atoms with van der Waals surface area (Å²) < 4.78 is 34.2. The van der Waals surface area contributed by atoms with Crippen LogP contribution in [0.2, 0.25) is 0 Å². The van der Waals surface area contributed by atoms with Crippen molar-refractivity contribution >= 4 is 23.4 Å². The zero-order chi connectivity index (χ0) is 16.8. The molecule has 122 valence electrons. The number of ether oxygens (including phenoxy) is 2. The van der Waals surface area contributed by atoms with Gasteiger partial charge in [-0.25, -0.2) is 0 Å². The molecule has 0 aliphatic rings. The number of rotatable bonds is 6. The van der Waals surface area contributed by atoms with Crippen molar-refractivity contribution in [1.82, 2.24) is 0 Å². The number of carbonyl (C=O) groups is 1. The maximum atomic E-state index is 12.4. The van der Waals surface area contributed by atoms with Crippen LogP contribution in [0.1, 0.15) is 10.4 Å². The smallest absolute Gasteiger partial charge is 0.387 e. The van der Waals surface area contributed by atoms with E-state index in [1.165, 1.54) is 37.1 Å². The molecule has 0 heterocycles. The van der Waals surface area contributed by atoms with Gasteiger partial charge >= 0.3 is 6.61 Å². The molecule has 0 atom stereocenters. The SMILES string of the molecule is COc1ccc(C(=O)Nc2ccccc2SC)cc1OC(F)F. The van der Waals surface area contributed by atoms with E-state index in [0.717, 1.165) is 4.90 Å². The number of hydrogen-bond donors (Lipinski definition) is 1. The minimum absolute atomic E-state index is 0.131. The number of halogens is 2. The number of anilines is 1. The van der Waals surface area contributed by atoms with E-state index in [4.69, 9.17) is 4.74 Å². The molecule has 0 spiro atoms. The van der Waals surface area contributed by atoms with E-state index in [1.54, 1.807) is 12.1 Å². The van der Waals surface area contributed by atoms with Crippen LogP contribution in [0.3, 0.4) is 0 Å². The molecule has 23 heavy (non-hydrogen) atoms. The lowest BCUT2D eigenvalue weighted by molar-refractivity contribution is -0.0512. The van der Waals surface area contributed by atoms with E-state index >= 15 is 0 Å². The molecule has 1 N–H and O–H groups in total. The summed E-state index contributed by atoms with van der Waals surface area (Å²) in [6.07, 6.45) is 1.90. The van der Waals surface area contributed by atoms with E-state index in [2.05, 4.69) is 10.1 Å². The minimum atomic E-state index is -3.00. The topological polar surface area (TPSA) is 47.6 Å². The molecule has 2 aromatic rings. The Morgan fingerprint density at radius 3 is 2.57 bits per heavy atom. The molecular weight excluding hydrogens is 324 g/mol. The van der Waals surface area contributed by atoms with Gasteiger partial charge in [0.15, 0.2) is 11.5 Å². The Balaban J connectivity index is 2.25. The molecule has 0 radical (unpaired) electrons. The second kappa shape index (κ2) is 7.82. The molecule has 0 saturated carbocycles. The van der Waals surface area contributed by atoms with Gasteiger partial charge in [-0.15, -0.1) is 11.8 Å². The van der Waals surface area contributed by atoms with Crippen LogP contribution >= 0.6 is 11.8 Å². The largest absolute Gasteiger partial charge is 0.493 e. The number of carbonyl (C=O) groups excluding carboxylic acids is 1. The van der Waals surface area contributed by atoms with Crippen LogP contribution in [0.15, 0.2) is 47.4 Å². The molecule has 0 unspecified atom stereocenters. The van der Waals surface area contributed by atoms with Crippen LogP contribution in [0.25, 0.3) is 0 Å². The van der Waals surface area contributed by atoms with Crippen LogP contribution < -0.4 is 14.8 Å². The van der Waals surface area contributed by atoms with Gasteiger partial charge in [-0.1, -0.05) is 12.1 Å². The fourth-order valence-corrected chi connectivity index (χ4v) is 2.50. The minimum Gasteiger partial charge on any atom is -0.493 e. The molecule has 1 amide bonds. The lowest BCUT2D eigenvalue weighted by atomic mass is 10.2. The van der Waals surface area contributed by atoms with Crippen molar-refractivity contribution < 1.29 is 23.0 Å². The summed E-state index contributed by atoms with van der Waals surface area (Å²) in [5, 5.41) is 2.75. The van der Waals surface area contributed by atoms with E-state index in [-0.39, 0.29) is 17.1 Å². The molecule has 0 bridgehead atoms. The van der Waals surface area contributed by atoms with Crippen LogP contribution in [0, 0.1) is 0 Å². The highest BCUT2D eigenvalue weighted by molar-refractivity contribution is 7.98. The summed E-state index contributed by atoms with van der Waals surface area (Å²) in [6.45, 7) is -3.00. The predicted octanol–water partition coefficient (Wildman–Crippen LogP) is 4.27. The lowest BCUT2D eigenvalue weighted by Crippen LogP contribution is -2.13. The summed E-state index contributed by atoms with van der Waals surface area (Å²) >= 11 is 1.49. The summed E-state index contributed by atoms with van der Waals surface area (Å²) in [7, 11) is 1.34. The number of para-hydroxylation sites is 1. The molecule has 0 aromatic heterocycles. The monoisotopic (exact) mass is 339 g/mol. The average Bonchev–Trinajstić information content (AvgIpc) is 2.54. The van der Waals surface area contributed by atoms with Gasteiger partial charge in [-0.3, -0.25) is 4.79 Å². The number of benzene rings is 2. The fourth-order valence-electron chi connectivity index (χ4n) is 1.95. The third-order valence-corrected chi connectivity index (χ3v) is 3.79. The highest BCUT2D eigenvalue weighted by Gasteiger charge is 2.15. The predicted molar refractivity (Wildman–Crippen MR) is 85.8 cm³/mol. The highest BCUT2D eigenvalue weighted by atomic mass is 32.2. The zero-order valence-electron chi connectivity index (χ0n) is 12.5. The Morgan fingerprint density at radius 2 is 1.91 bits per heavy atom. The van der Waals surface area contributed by atoms with E-state index < -0.39 is 12.5 Å². The number of methoxy groups -OCH3 is 1. The Hall–Kier alpha value is -2.28. The normalized spacial score (nSPS) is 10.5. The molecule has 0 aliphatic heterocycles. The van der Waals surface area contributed by atoms with Crippen LogP contribution in [0.5, 0.6) is 11.5 Å². The Bertz CT molecular complexity index is 695. The Kier molecular flexibility index (Phi) is 5.81. The number of amides is 1. The van der Waals surface area contributed by atoms with Gasteiger partial charge in [0.25, 0.3) is 5.91 Å². The van der Waals surface area contributed by atoms with Crippen LogP contribution in [0.4, 0.5) is 14.5 Å². The van der Waals surface area contributed by atoms with Gasteiger partial charge < -0.3 is 14.8 Å². The average molecular weight is 339 g/mol. The standard InChI is InChI=1S/C16H15F2NO3S/c1-21-12-8-7-10(9-13(12)22-16(17)18)15(20)19-11-5-3-4-6-14(11)23-2/h3-9,16H,1-2H3,(H,19,20). The lowest BCUT2D eigenvalue weighted by Gasteiger charge is -2.12. The molecule has 7 heteroatoms. The number of alkyl halides is 2. The van der Waals surface area contributed by atoms with Crippen molar-refractivity contribution in [1.29, 1.82) is 0 Å². The molecule has 0 fully saturated rings. The second-order valence-corrected chi connectivity index (χ2v) is 5.25. The third kappa shape index (κ3) is 4.35. The van der Waals surface area contributed by atoms with Crippen LogP contribution in [-0.4, -0.2) is 25.9 Å². The van der Waals surface area contributed by atoms with Gasteiger partial charge in [0.1, 0.15) is 0 Å². The summed E-state index contributed by atoms with van der Waals surface area (Å²) in [4.78, 5) is 13.2. The van der Waals surface area contributed by atoms with Crippen molar-refractivity contribution in [2.75, 3.05) is 18.7 Å². The quantitative estimate of drug-likeness (QED) is 0.799. The first-order valence-corrected chi connectivity index (χ1v) is 7.85. The van der Waals surface area contributed by atoms with E-state index in [9.17, 15) is 13.6 Å². The first kappa shape index (κ1) is 17.1. The maximum Gasteiger partial charge on any atom is 0.387 e. The Labute approximate surface area is 136 Å². The number of nitrogens with one attached hydrogen (secondary N) is 1. The first-order chi connectivity index (χ1) is 11.0. The summed E-state index contributed by atoms with van der Waals surface area (Å²) in [5.74, 6) is -0.479.